The van der Waals surface area contributed by atoms with Gasteiger partial charge < -0.3 is 9.67 Å². The van der Waals surface area contributed by atoms with Crippen LogP contribution in [0, 0.1) is 0 Å². The van der Waals surface area contributed by atoms with Gasteiger partial charge in [-0.15, -0.1) is 0 Å². The maximum atomic E-state index is 11.4. The van der Waals surface area contributed by atoms with Crippen LogP contribution in [0.4, 0.5) is 0 Å². The van der Waals surface area contributed by atoms with E-state index in [0.717, 1.165) is 27.9 Å². The molecule has 0 aliphatic heterocycles. The number of aliphatic hydroxyl groups excluding tert-OH is 1. The van der Waals surface area contributed by atoms with Crippen LogP contribution in [0.2, 0.25) is 0 Å². The van der Waals surface area contributed by atoms with Crippen molar-refractivity contribution in [1.29, 1.82) is 0 Å². The third kappa shape index (κ3) is 3.33. The summed E-state index contributed by atoms with van der Waals surface area (Å²) in [5, 5.41) is 11.4. The zero-order valence-corrected chi connectivity index (χ0v) is 17.6. The van der Waals surface area contributed by atoms with E-state index in [1.807, 2.05) is 54.9 Å². The summed E-state index contributed by atoms with van der Waals surface area (Å²) >= 11 is 0. The lowest BCUT2D eigenvalue weighted by Crippen LogP contribution is -2.39. The molecule has 1 unspecified atom stereocenters. The lowest BCUT2D eigenvalue weighted by Gasteiger charge is -2.39. The Kier molecular flexibility index (Phi) is 5.40. The lowest BCUT2D eigenvalue weighted by molar-refractivity contribution is 0.206. The van der Waals surface area contributed by atoms with Crippen molar-refractivity contribution in [3.8, 4) is 0 Å². The van der Waals surface area contributed by atoms with Crippen LogP contribution in [0.25, 0.3) is 0 Å². The number of hydrogen-bond donors (Lipinski definition) is 1. The number of benzene rings is 4. The van der Waals surface area contributed by atoms with Crippen LogP contribution in [0.1, 0.15) is 34.1 Å². The van der Waals surface area contributed by atoms with E-state index >= 15 is 0 Å². The van der Waals surface area contributed by atoms with Gasteiger partial charge in [0.15, 0.2) is 0 Å². The number of imidazole rings is 1. The average Bonchev–Trinajstić information content (AvgIpc) is 3.37. The summed E-state index contributed by atoms with van der Waals surface area (Å²) in [6.07, 6.45) is 2.78. The molecule has 3 heteroatoms. The smallest absolute Gasteiger partial charge is 0.122 e. The first kappa shape index (κ1) is 20.0. The Bertz CT molecular complexity index is 1170. The van der Waals surface area contributed by atoms with Crippen LogP contribution < -0.4 is 0 Å². The molecule has 0 fully saturated rings. The summed E-state index contributed by atoms with van der Waals surface area (Å²) in [6.45, 7) is 0. The average molecular weight is 417 g/mol. The number of rotatable bonds is 6. The molecule has 5 rings (SSSR count). The standard InChI is InChI=1S/C29H24N2O/c32-28(23-13-5-1-6-14-23)27-21-30-22-31(27)29(24-15-7-2-8-16-24,25-17-9-3-10-18-25)26-19-11-4-12-20-26/h1-22,28,32H. The Morgan fingerprint density at radius 1 is 0.594 bits per heavy atom. The van der Waals surface area contributed by atoms with Gasteiger partial charge >= 0.3 is 0 Å². The number of hydrogen-bond acceptors (Lipinski definition) is 2. The van der Waals surface area contributed by atoms with Gasteiger partial charge in [-0.05, 0) is 22.3 Å². The monoisotopic (exact) mass is 416 g/mol. The Balaban J connectivity index is 1.84. The summed E-state index contributed by atoms with van der Waals surface area (Å²) < 4.78 is 2.12. The molecule has 1 aromatic heterocycles. The molecule has 32 heavy (non-hydrogen) atoms. The highest BCUT2D eigenvalue weighted by Gasteiger charge is 2.40. The van der Waals surface area contributed by atoms with Gasteiger partial charge in [0.2, 0.25) is 0 Å². The lowest BCUT2D eigenvalue weighted by atomic mass is 9.76. The molecule has 0 spiro atoms. The van der Waals surface area contributed by atoms with Gasteiger partial charge in [-0.25, -0.2) is 4.98 Å². The fourth-order valence-electron chi connectivity index (χ4n) is 4.55. The summed E-state index contributed by atoms with van der Waals surface area (Å²) in [7, 11) is 0. The van der Waals surface area contributed by atoms with E-state index in [9.17, 15) is 5.11 Å². The molecule has 1 atom stereocenters. The second-order valence-electron chi connectivity index (χ2n) is 7.81. The summed E-state index contributed by atoms with van der Waals surface area (Å²) in [5.74, 6) is 0. The quantitative estimate of drug-likeness (QED) is 0.355. The normalized spacial score (nSPS) is 12.4. The third-order valence-electron chi connectivity index (χ3n) is 6.00. The van der Waals surface area contributed by atoms with Crippen molar-refractivity contribution in [2.24, 2.45) is 0 Å². The van der Waals surface area contributed by atoms with Crippen molar-refractivity contribution in [2.45, 2.75) is 11.6 Å². The zero-order valence-electron chi connectivity index (χ0n) is 17.6. The van der Waals surface area contributed by atoms with Crippen molar-refractivity contribution in [3.05, 3.63) is 162 Å². The second-order valence-corrected chi connectivity index (χ2v) is 7.81. The van der Waals surface area contributed by atoms with Crippen molar-refractivity contribution in [1.82, 2.24) is 9.55 Å². The fraction of sp³-hybridized carbons (Fsp3) is 0.0690. The molecule has 5 aromatic rings. The SMILES string of the molecule is OC(c1ccccc1)c1cncn1C(c1ccccc1)(c1ccccc1)c1ccccc1. The van der Waals surface area contributed by atoms with Gasteiger partial charge in [-0.3, -0.25) is 0 Å². The van der Waals surface area contributed by atoms with Crippen LogP contribution in [0.15, 0.2) is 134 Å². The molecule has 4 aromatic carbocycles. The zero-order chi connectivity index (χ0) is 21.8. The van der Waals surface area contributed by atoms with Gasteiger partial charge in [0.1, 0.15) is 11.6 Å². The molecule has 0 bridgehead atoms. The van der Waals surface area contributed by atoms with Gasteiger partial charge in [0, 0.05) is 0 Å². The molecule has 0 aliphatic rings. The minimum atomic E-state index is -0.811. The van der Waals surface area contributed by atoms with E-state index in [2.05, 4.69) is 82.3 Å². The summed E-state index contributed by atoms with van der Waals surface area (Å²) in [5.41, 5.74) is 4.14. The highest BCUT2D eigenvalue weighted by atomic mass is 16.3. The Morgan fingerprint density at radius 2 is 1.00 bits per heavy atom. The van der Waals surface area contributed by atoms with E-state index in [-0.39, 0.29) is 0 Å². The third-order valence-corrected chi connectivity index (χ3v) is 6.00. The Morgan fingerprint density at radius 3 is 1.44 bits per heavy atom. The number of nitrogens with zero attached hydrogens (tertiary/aromatic N) is 2. The number of aliphatic hydroxyl groups is 1. The highest BCUT2D eigenvalue weighted by Crippen LogP contribution is 2.42. The molecule has 1 heterocycles. The molecule has 156 valence electrons. The topological polar surface area (TPSA) is 38.1 Å². The predicted octanol–water partition coefficient (Wildman–Crippen LogP) is 5.81. The molecule has 1 N–H and O–H groups in total. The Labute approximate surface area is 188 Å². The van der Waals surface area contributed by atoms with Crippen LogP contribution in [-0.4, -0.2) is 14.7 Å². The van der Waals surface area contributed by atoms with Crippen LogP contribution in [-0.2, 0) is 5.54 Å². The maximum absolute atomic E-state index is 11.4. The van der Waals surface area contributed by atoms with Gasteiger partial charge in [0.05, 0.1) is 18.2 Å². The molecule has 0 amide bonds. The summed E-state index contributed by atoms with van der Waals surface area (Å²) in [4.78, 5) is 4.51. The first-order valence-electron chi connectivity index (χ1n) is 10.7. The molecule has 3 nitrogen and oxygen atoms in total. The molecule has 0 aliphatic carbocycles. The van der Waals surface area contributed by atoms with Crippen molar-refractivity contribution in [3.63, 3.8) is 0 Å². The van der Waals surface area contributed by atoms with E-state index in [4.69, 9.17) is 0 Å². The number of aromatic nitrogens is 2. The Hall–Kier alpha value is -3.95. The van der Waals surface area contributed by atoms with Crippen LogP contribution in [0.3, 0.4) is 0 Å². The van der Waals surface area contributed by atoms with Gasteiger partial charge in [-0.1, -0.05) is 121 Å². The first-order chi connectivity index (χ1) is 15.8. The van der Waals surface area contributed by atoms with Gasteiger partial charge in [0.25, 0.3) is 0 Å². The maximum Gasteiger partial charge on any atom is 0.122 e. The van der Waals surface area contributed by atoms with Crippen molar-refractivity contribution >= 4 is 0 Å². The van der Waals surface area contributed by atoms with Crippen LogP contribution in [0.5, 0.6) is 0 Å². The molecule has 0 saturated heterocycles. The van der Waals surface area contributed by atoms with Crippen molar-refractivity contribution < 1.29 is 5.11 Å². The van der Waals surface area contributed by atoms with E-state index in [1.165, 1.54) is 0 Å². The van der Waals surface area contributed by atoms with E-state index in [1.54, 1.807) is 6.20 Å². The van der Waals surface area contributed by atoms with E-state index < -0.39 is 11.6 Å². The highest BCUT2D eigenvalue weighted by molar-refractivity contribution is 5.51. The molecular weight excluding hydrogens is 392 g/mol. The second kappa shape index (κ2) is 8.66. The van der Waals surface area contributed by atoms with Crippen LogP contribution >= 0.6 is 0 Å². The first-order valence-corrected chi connectivity index (χ1v) is 10.7. The molecule has 0 radical (unpaired) electrons. The largest absolute Gasteiger partial charge is 0.382 e. The molecular formula is C29H24N2O. The predicted molar refractivity (Wildman–Crippen MR) is 127 cm³/mol. The van der Waals surface area contributed by atoms with Crippen molar-refractivity contribution in [2.75, 3.05) is 0 Å². The minimum absolute atomic E-state index is 0.703. The fourth-order valence-corrected chi connectivity index (χ4v) is 4.55. The molecule has 0 saturated carbocycles. The van der Waals surface area contributed by atoms with Gasteiger partial charge in [-0.2, -0.15) is 0 Å². The minimum Gasteiger partial charge on any atom is -0.382 e. The summed E-state index contributed by atoms with van der Waals surface area (Å²) in [6, 6.07) is 41.0. The van der Waals surface area contributed by atoms with E-state index in [0.29, 0.717) is 0 Å².